The fourth-order valence-corrected chi connectivity index (χ4v) is 2.49. The third kappa shape index (κ3) is 5.69. The van der Waals surface area contributed by atoms with Crippen molar-refractivity contribution in [1.29, 1.82) is 0 Å². The van der Waals surface area contributed by atoms with Crippen molar-refractivity contribution in [2.75, 3.05) is 19.0 Å². The van der Waals surface area contributed by atoms with Crippen LogP contribution in [-0.4, -0.2) is 34.4 Å². The molecule has 2 aromatic heterocycles. The summed E-state index contributed by atoms with van der Waals surface area (Å²) in [7, 11) is 1.33. The van der Waals surface area contributed by atoms with Crippen LogP contribution in [0, 0.1) is 0 Å². The molecule has 2 rings (SSSR count). The van der Waals surface area contributed by atoms with E-state index < -0.39 is 17.3 Å². The van der Waals surface area contributed by atoms with Gasteiger partial charge in [-0.3, -0.25) is 9.59 Å². The van der Waals surface area contributed by atoms with Crippen LogP contribution >= 0.6 is 11.6 Å². The molecule has 0 radical (unpaired) electrons. The van der Waals surface area contributed by atoms with E-state index in [1.54, 1.807) is 0 Å². The zero-order valence-corrected chi connectivity index (χ0v) is 15.7. The van der Waals surface area contributed by atoms with E-state index in [0.29, 0.717) is 31.3 Å². The minimum absolute atomic E-state index is 0.0748. The lowest BCUT2D eigenvalue weighted by atomic mass is 10.2. The minimum Gasteiger partial charge on any atom is -0.469 e. The molecule has 0 bridgehead atoms. The van der Waals surface area contributed by atoms with Gasteiger partial charge in [-0.2, -0.15) is 23.0 Å². The Bertz CT molecular complexity index is 869. The molecule has 0 aliphatic carbocycles. The van der Waals surface area contributed by atoms with Crippen molar-refractivity contribution in [2.24, 2.45) is 0 Å². The highest BCUT2D eigenvalue weighted by atomic mass is 35.5. The number of hydrogen-bond acceptors (Lipinski definition) is 6. The highest BCUT2D eigenvalue weighted by molar-refractivity contribution is 6.32. The lowest BCUT2D eigenvalue weighted by Crippen LogP contribution is -2.24. The van der Waals surface area contributed by atoms with E-state index in [2.05, 4.69) is 20.1 Å². The van der Waals surface area contributed by atoms with E-state index in [-0.39, 0.29) is 16.8 Å². The van der Waals surface area contributed by atoms with Gasteiger partial charge in [0.1, 0.15) is 5.02 Å². The van der Waals surface area contributed by atoms with Crippen molar-refractivity contribution in [3.63, 3.8) is 0 Å². The number of carbonyl (C=O) groups excluding carboxylic acids is 1. The lowest BCUT2D eigenvalue weighted by molar-refractivity contribution is -0.140. The zero-order valence-electron chi connectivity index (χ0n) is 14.9. The average Bonchev–Trinajstić information content (AvgIpc) is 2.67. The molecule has 1 N–H and O–H groups in total. The number of unbranched alkanes of at least 4 members (excludes halogenated alkanes) is 2. The molecule has 0 spiro atoms. The van der Waals surface area contributed by atoms with Crippen LogP contribution in [0.4, 0.5) is 18.9 Å². The number of nitrogens with one attached hydrogen (secondary N) is 1. The molecule has 2 heterocycles. The van der Waals surface area contributed by atoms with E-state index in [9.17, 15) is 22.8 Å². The van der Waals surface area contributed by atoms with Crippen molar-refractivity contribution in [3.05, 3.63) is 45.5 Å². The largest absolute Gasteiger partial charge is 0.469 e. The lowest BCUT2D eigenvalue weighted by Gasteiger charge is -2.11. The second kappa shape index (κ2) is 9.54. The summed E-state index contributed by atoms with van der Waals surface area (Å²) in [5.74, 6) is -0.338. The number of esters is 1. The second-order valence-electron chi connectivity index (χ2n) is 5.81. The molecule has 11 heteroatoms. The van der Waals surface area contributed by atoms with Gasteiger partial charge in [-0.1, -0.05) is 18.0 Å². The molecular weight excluding hydrogens is 401 g/mol. The predicted octanol–water partition coefficient (Wildman–Crippen LogP) is 3.45. The molecule has 0 amide bonds. The SMILES string of the molecule is COC(=O)CCCCCNc1cnn(-c2ccc(C(F)(F)F)cn2)c(=O)c1Cl. The third-order valence-corrected chi connectivity index (χ3v) is 4.18. The number of ether oxygens (including phenoxy) is 1. The monoisotopic (exact) mass is 418 g/mol. The van der Waals surface area contributed by atoms with Crippen LogP contribution in [0.15, 0.2) is 29.3 Å². The summed E-state index contributed by atoms with van der Waals surface area (Å²) in [6.45, 7) is 0.505. The van der Waals surface area contributed by atoms with E-state index in [1.807, 2.05) is 0 Å². The van der Waals surface area contributed by atoms with Crippen LogP contribution in [0.1, 0.15) is 31.2 Å². The van der Waals surface area contributed by atoms with Gasteiger partial charge in [0.25, 0.3) is 5.56 Å². The van der Waals surface area contributed by atoms with Gasteiger partial charge in [0.2, 0.25) is 0 Å². The van der Waals surface area contributed by atoms with Crippen molar-refractivity contribution in [2.45, 2.75) is 31.9 Å². The van der Waals surface area contributed by atoms with Crippen LogP contribution in [0.3, 0.4) is 0 Å². The Labute approximate surface area is 163 Å². The summed E-state index contributed by atoms with van der Waals surface area (Å²) in [5, 5.41) is 6.73. The number of halogens is 4. The first kappa shape index (κ1) is 21.7. The molecule has 0 unspecified atom stereocenters. The Balaban J connectivity index is 1.99. The highest BCUT2D eigenvalue weighted by Crippen LogP contribution is 2.28. The van der Waals surface area contributed by atoms with E-state index in [0.717, 1.165) is 29.7 Å². The molecule has 0 fully saturated rings. The summed E-state index contributed by atoms with van der Waals surface area (Å²) >= 11 is 6.05. The normalized spacial score (nSPS) is 11.3. The first-order valence-corrected chi connectivity index (χ1v) is 8.74. The van der Waals surface area contributed by atoms with Gasteiger partial charge in [0.15, 0.2) is 5.82 Å². The zero-order chi connectivity index (χ0) is 20.7. The topological polar surface area (TPSA) is 86.1 Å². The molecule has 0 atom stereocenters. The molecule has 2 aromatic rings. The fourth-order valence-electron chi connectivity index (χ4n) is 2.29. The number of aromatic nitrogens is 3. The number of methoxy groups -OCH3 is 1. The number of carbonyl (C=O) groups is 1. The fraction of sp³-hybridized carbons (Fsp3) is 0.412. The number of pyridine rings is 1. The van der Waals surface area contributed by atoms with Crippen molar-refractivity contribution >= 4 is 23.3 Å². The summed E-state index contributed by atoms with van der Waals surface area (Å²) in [6.07, 6.45) is -0.0609. The number of alkyl halides is 3. The Hall–Kier alpha value is -2.62. The van der Waals surface area contributed by atoms with Crippen LogP contribution in [-0.2, 0) is 15.7 Å². The van der Waals surface area contributed by atoms with Gasteiger partial charge in [-0.15, -0.1) is 0 Å². The molecule has 7 nitrogen and oxygen atoms in total. The van der Waals surface area contributed by atoms with Gasteiger partial charge in [0, 0.05) is 19.2 Å². The van der Waals surface area contributed by atoms with E-state index >= 15 is 0 Å². The molecule has 0 aliphatic heterocycles. The van der Waals surface area contributed by atoms with E-state index in [1.165, 1.54) is 13.3 Å². The van der Waals surface area contributed by atoms with Crippen LogP contribution < -0.4 is 10.9 Å². The molecular formula is C17H18ClF3N4O3. The summed E-state index contributed by atoms with van der Waals surface area (Å²) in [4.78, 5) is 27.0. The van der Waals surface area contributed by atoms with Gasteiger partial charge >= 0.3 is 12.1 Å². The summed E-state index contributed by atoms with van der Waals surface area (Å²) in [5.41, 5.74) is -1.33. The summed E-state index contributed by atoms with van der Waals surface area (Å²) in [6, 6.07) is 1.85. The average molecular weight is 419 g/mol. The smallest absolute Gasteiger partial charge is 0.417 e. The first-order chi connectivity index (χ1) is 13.2. The quantitative estimate of drug-likeness (QED) is 0.522. The van der Waals surface area contributed by atoms with Gasteiger partial charge in [0.05, 0.1) is 24.6 Å². The maximum atomic E-state index is 12.6. The van der Waals surface area contributed by atoms with Crippen molar-refractivity contribution in [1.82, 2.24) is 14.8 Å². The molecule has 0 saturated heterocycles. The Morgan fingerprint density at radius 1 is 1.25 bits per heavy atom. The van der Waals surface area contributed by atoms with Gasteiger partial charge in [-0.05, 0) is 25.0 Å². The number of nitrogens with zero attached hydrogens (tertiary/aromatic N) is 3. The second-order valence-corrected chi connectivity index (χ2v) is 6.18. The maximum Gasteiger partial charge on any atom is 0.417 e. The summed E-state index contributed by atoms with van der Waals surface area (Å²) < 4.78 is 43.2. The van der Waals surface area contributed by atoms with Crippen LogP contribution in [0.5, 0.6) is 0 Å². The first-order valence-electron chi connectivity index (χ1n) is 8.36. The van der Waals surface area contributed by atoms with Crippen molar-refractivity contribution in [3.8, 4) is 5.82 Å². The van der Waals surface area contributed by atoms with Crippen LogP contribution in [0.25, 0.3) is 5.82 Å². The van der Waals surface area contributed by atoms with Gasteiger partial charge < -0.3 is 10.1 Å². The molecule has 0 aliphatic rings. The maximum absolute atomic E-state index is 12.6. The third-order valence-electron chi connectivity index (χ3n) is 3.81. The standard InChI is InChI=1S/C17H18ClF3N4O3/c1-28-14(26)5-3-2-4-8-22-12-10-24-25(16(27)15(12)18)13-7-6-11(9-23-13)17(19,20)21/h6-7,9-10,22H,2-5,8H2,1H3. The molecule has 0 saturated carbocycles. The van der Waals surface area contributed by atoms with Gasteiger partial charge in [-0.25, -0.2) is 4.98 Å². The molecule has 0 aromatic carbocycles. The molecule has 28 heavy (non-hydrogen) atoms. The molecule has 152 valence electrons. The number of anilines is 1. The Morgan fingerprint density at radius 3 is 2.61 bits per heavy atom. The minimum atomic E-state index is -4.52. The highest BCUT2D eigenvalue weighted by Gasteiger charge is 2.30. The predicted molar refractivity (Wildman–Crippen MR) is 96.6 cm³/mol. The number of hydrogen-bond donors (Lipinski definition) is 1. The Kier molecular flexibility index (Phi) is 7.38. The number of rotatable bonds is 8. The van der Waals surface area contributed by atoms with Crippen LogP contribution in [0.2, 0.25) is 5.02 Å². The van der Waals surface area contributed by atoms with E-state index in [4.69, 9.17) is 11.6 Å². The van der Waals surface area contributed by atoms with Crippen molar-refractivity contribution < 1.29 is 22.7 Å². The Morgan fingerprint density at radius 2 is 2.00 bits per heavy atom.